The lowest BCUT2D eigenvalue weighted by molar-refractivity contribution is 0.270. The first-order chi connectivity index (χ1) is 7.31. The van der Waals surface area contributed by atoms with Gasteiger partial charge in [0.2, 0.25) is 0 Å². The van der Waals surface area contributed by atoms with Crippen LogP contribution in [0.25, 0.3) is 11.4 Å². The molecule has 15 heavy (non-hydrogen) atoms. The molecule has 0 aromatic carbocycles. The summed E-state index contributed by atoms with van der Waals surface area (Å²) in [5.74, 6) is 0. The van der Waals surface area contributed by atoms with Gasteiger partial charge >= 0.3 is 0 Å². The van der Waals surface area contributed by atoms with Gasteiger partial charge in [-0.3, -0.25) is 9.67 Å². The molecule has 2 aromatic rings. The van der Waals surface area contributed by atoms with Crippen LogP contribution < -0.4 is 0 Å². The summed E-state index contributed by atoms with van der Waals surface area (Å²) in [4.78, 5) is 4.26. The standard InChI is InChI=1S/C11H13N3O/c1-9-8-11(14(13-9)6-7-15)10-4-2-3-5-12-10/h2-5,8,15H,6-7H2,1H3. The third-order valence-electron chi connectivity index (χ3n) is 2.14. The molecule has 4 nitrogen and oxygen atoms in total. The van der Waals surface area contributed by atoms with Crippen LogP contribution in [0.15, 0.2) is 30.5 Å². The number of hydrogen-bond donors (Lipinski definition) is 1. The number of aromatic nitrogens is 3. The quantitative estimate of drug-likeness (QED) is 0.816. The molecule has 2 rings (SSSR count). The summed E-state index contributed by atoms with van der Waals surface area (Å²) in [5.41, 5.74) is 2.76. The van der Waals surface area contributed by atoms with Crippen molar-refractivity contribution in [2.45, 2.75) is 13.5 Å². The molecule has 0 bridgehead atoms. The summed E-state index contributed by atoms with van der Waals surface area (Å²) in [6, 6.07) is 7.72. The Hall–Kier alpha value is -1.68. The van der Waals surface area contributed by atoms with Crippen molar-refractivity contribution < 1.29 is 5.11 Å². The predicted octanol–water partition coefficient (Wildman–Crippen LogP) is 1.25. The lowest BCUT2D eigenvalue weighted by Crippen LogP contribution is -2.06. The van der Waals surface area contributed by atoms with Crippen molar-refractivity contribution in [1.82, 2.24) is 14.8 Å². The van der Waals surface area contributed by atoms with E-state index >= 15 is 0 Å². The normalized spacial score (nSPS) is 10.5. The minimum absolute atomic E-state index is 0.0843. The van der Waals surface area contributed by atoms with Crippen LogP contribution in [0.4, 0.5) is 0 Å². The second-order valence-electron chi connectivity index (χ2n) is 3.33. The SMILES string of the molecule is Cc1cc(-c2ccccn2)n(CCO)n1. The molecule has 0 aliphatic heterocycles. The Morgan fingerprint density at radius 2 is 2.27 bits per heavy atom. The molecule has 2 heterocycles. The van der Waals surface area contributed by atoms with Gasteiger partial charge in [0.05, 0.1) is 30.2 Å². The third kappa shape index (κ3) is 2.05. The molecule has 0 aliphatic rings. The molecule has 0 saturated carbocycles. The summed E-state index contributed by atoms with van der Waals surface area (Å²) in [5, 5.41) is 13.2. The Morgan fingerprint density at radius 1 is 1.40 bits per heavy atom. The van der Waals surface area contributed by atoms with Crippen LogP contribution in [-0.2, 0) is 6.54 Å². The molecule has 0 saturated heterocycles. The van der Waals surface area contributed by atoms with Gasteiger partial charge in [-0.2, -0.15) is 5.10 Å². The van der Waals surface area contributed by atoms with E-state index in [4.69, 9.17) is 5.11 Å². The number of aliphatic hydroxyl groups is 1. The molecule has 0 amide bonds. The van der Waals surface area contributed by atoms with Crippen LogP contribution in [0, 0.1) is 6.92 Å². The van der Waals surface area contributed by atoms with Crippen LogP contribution in [0.5, 0.6) is 0 Å². The number of aliphatic hydroxyl groups excluding tert-OH is 1. The van der Waals surface area contributed by atoms with Crippen molar-refractivity contribution in [2.24, 2.45) is 0 Å². The second kappa shape index (κ2) is 4.23. The topological polar surface area (TPSA) is 50.9 Å². The molecule has 0 radical (unpaired) electrons. The maximum absolute atomic E-state index is 8.92. The zero-order valence-corrected chi connectivity index (χ0v) is 8.59. The maximum atomic E-state index is 8.92. The Labute approximate surface area is 88.2 Å². The van der Waals surface area contributed by atoms with Crippen molar-refractivity contribution in [3.63, 3.8) is 0 Å². The molecule has 0 unspecified atom stereocenters. The highest BCUT2D eigenvalue weighted by Gasteiger charge is 2.07. The molecule has 0 fully saturated rings. The van der Waals surface area contributed by atoms with Gasteiger partial charge in [0.15, 0.2) is 0 Å². The van der Waals surface area contributed by atoms with Gasteiger partial charge in [-0.05, 0) is 25.1 Å². The first-order valence-corrected chi connectivity index (χ1v) is 4.88. The summed E-state index contributed by atoms with van der Waals surface area (Å²) in [6.07, 6.45) is 1.75. The molecule has 2 aromatic heterocycles. The van der Waals surface area contributed by atoms with E-state index in [-0.39, 0.29) is 6.61 Å². The molecule has 0 spiro atoms. The lowest BCUT2D eigenvalue weighted by Gasteiger charge is -2.04. The van der Waals surface area contributed by atoms with Crippen molar-refractivity contribution >= 4 is 0 Å². The van der Waals surface area contributed by atoms with Gasteiger partial charge in [-0.15, -0.1) is 0 Å². The summed E-state index contributed by atoms with van der Waals surface area (Å²) in [7, 11) is 0. The fraction of sp³-hybridized carbons (Fsp3) is 0.273. The van der Waals surface area contributed by atoms with Crippen LogP contribution in [-0.4, -0.2) is 26.5 Å². The van der Waals surface area contributed by atoms with Gasteiger partial charge in [0, 0.05) is 6.20 Å². The molecule has 0 aliphatic carbocycles. The highest BCUT2D eigenvalue weighted by Crippen LogP contribution is 2.17. The number of hydrogen-bond acceptors (Lipinski definition) is 3. The Bertz CT molecular complexity index is 436. The van der Waals surface area contributed by atoms with E-state index in [2.05, 4.69) is 10.1 Å². The average molecular weight is 203 g/mol. The highest BCUT2D eigenvalue weighted by molar-refractivity contribution is 5.54. The second-order valence-corrected chi connectivity index (χ2v) is 3.33. The smallest absolute Gasteiger partial charge is 0.0883 e. The van der Waals surface area contributed by atoms with E-state index < -0.39 is 0 Å². The van der Waals surface area contributed by atoms with Crippen LogP contribution in [0.1, 0.15) is 5.69 Å². The maximum Gasteiger partial charge on any atom is 0.0883 e. The van der Waals surface area contributed by atoms with E-state index in [0.29, 0.717) is 6.54 Å². The van der Waals surface area contributed by atoms with Crippen LogP contribution in [0.2, 0.25) is 0 Å². The summed E-state index contributed by atoms with van der Waals surface area (Å²) >= 11 is 0. The average Bonchev–Trinajstić information content (AvgIpc) is 2.62. The summed E-state index contributed by atoms with van der Waals surface area (Å²) < 4.78 is 1.78. The first-order valence-electron chi connectivity index (χ1n) is 4.88. The fourth-order valence-corrected chi connectivity index (χ4v) is 1.53. The molecule has 0 atom stereocenters. The van der Waals surface area contributed by atoms with Crippen LogP contribution in [0.3, 0.4) is 0 Å². The lowest BCUT2D eigenvalue weighted by atomic mass is 10.2. The number of nitrogens with zero attached hydrogens (tertiary/aromatic N) is 3. The zero-order chi connectivity index (χ0) is 10.7. The van der Waals surface area contributed by atoms with E-state index in [1.807, 2.05) is 31.2 Å². The minimum atomic E-state index is 0.0843. The molecule has 78 valence electrons. The van der Waals surface area contributed by atoms with Crippen molar-refractivity contribution in [1.29, 1.82) is 0 Å². The third-order valence-corrected chi connectivity index (χ3v) is 2.14. The number of rotatable bonds is 3. The van der Waals surface area contributed by atoms with Gasteiger partial charge in [0.25, 0.3) is 0 Å². The minimum Gasteiger partial charge on any atom is -0.394 e. The molecular weight excluding hydrogens is 190 g/mol. The number of pyridine rings is 1. The van der Waals surface area contributed by atoms with Crippen LogP contribution >= 0.6 is 0 Å². The Kier molecular flexibility index (Phi) is 2.78. The predicted molar refractivity (Wildman–Crippen MR) is 57.3 cm³/mol. The molecule has 1 N–H and O–H groups in total. The molecular formula is C11H13N3O. The highest BCUT2D eigenvalue weighted by atomic mass is 16.3. The molecule has 4 heteroatoms. The zero-order valence-electron chi connectivity index (χ0n) is 8.59. The van der Waals surface area contributed by atoms with E-state index in [1.165, 1.54) is 0 Å². The van der Waals surface area contributed by atoms with Crippen molar-refractivity contribution in [3.05, 3.63) is 36.2 Å². The number of aryl methyl sites for hydroxylation is 1. The first kappa shape index (κ1) is 9.86. The van der Waals surface area contributed by atoms with Gasteiger partial charge < -0.3 is 5.11 Å². The van der Waals surface area contributed by atoms with Gasteiger partial charge in [-0.1, -0.05) is 6.07 Å². The van der Waals surface area contributed by atoms with Crippen molar-refractivity contribution in [2.75, 3.05) is 6.61 Å². The Balaban J connectivity index is 2.43. The summed E-state index contributed by atoms with van der Waals surface area (Å²) in [6.45, 7) is 2.51. The fourth-order valence-electron chi connectivity index (χ4n) is 1.53. The van der Waals surface area contributed by atoms with E-state index in [9.17, 15) is 0 Å². The van der Waals surface area contributed by atoms with Gasteiger partial charge in [0.1, 0.15) is 0 Å². The van der Waals surface area contributed by atoms with Gasteiger partial charge in [-0.25, -0.2) is 0 Å². The monoisotopic (exact) mass is 203 g/mol. The van der Waals surface area contributed by atoms with E-state index in [1.54, 1.807) is 10.9 Å². The van der Waals surface area contributed by atoms with Crippen molar-refractivity contribution in [3.8, 4) is 11.4 Å². The largest absolute Gasteiger partial charge is 0.394 e. The Morgan fingerprint density at radius 3 is 2.93 bits per heavy atom. The van der Waals surface area contributed by atoms with E-state index in [0.717, 1.165) is 17.1 Å².